The molecule has 2 rings (SSSR count). The maximum absolute atomic E-state index is 5.88. The van der Waals surface area contributed by atoms with Crippen molar-refractivity contribution in [2.75, 3.05) is 12.4 Å². The minimum absolute atomic E-state index is 0.273. The summed E-state index contributed by atoms with van der Waals surface area (Å²) in [6.07, 6.45) is 11.6. The fraction of sp³-hybridized carbons (Fsp3) is 0.769. The van der Waals surface area contributed by atoms with E-state index in [9.17, 15) is 0 Å². The Balaban J connectivity index is 1.93. The summed E-state index contributed by atoms with van der Waals surface area (Å²) in [6.45, 7) is 0.780. The van der Waals surface area contributed by atoms with Crippen LogP contribution in [-0.4, -0.2) is 22.1 Å². The van der Waals surface area contributed by atoms with Crippen LogP contribution in [0, 0.1) is 5.41 Å². The van der Waals surface area contributed by atoms with Crippen LogP contribution < -0.4 is 4.74 Å². The van der Waals surface area contributed by atoms with Crippen molar-refractivity contribution in [3.8, 4) is 5.75 Å². The first-order valence-corrected chi connectivity index (χ1v) is 7.10. The molecule has 1 heterocycles. The van der Waals surface area contributed by atoms with Crippen molar-refractivity contribution >= 4 is 12.6 Å². The first-order chi connectivity index (χ1) is 8.24. The fourth-order valence-corrected chi connectivity index (χ4v) is 2.94. The molecular formula is C13H22N2OS. The van der Waals surface area contributed by atoms with Gasteiger partial charge >= 0.3 is 0 Å². The number of thiol groups is 1. The van der Waals surface area contributed by atoms with Gasteiger partial charge in [-0.3, -0.25) is 4.68 Å². The molecule has 0 spiro atoms. The zero-order valence-corrected chi connectivity index (χ0v) is 11.5. The van der Waals surface area contributed by atoms with Crippen molar-refractivity contribution in [1.82, 2.24) is 9.78 Å². The third-order valence-electron chi connectivity index (χ3n) is 3.73. The van der Waals surface area contributed by atoms with Crippen LogP contribution in [0.25, 0.3) is 0 Å². The van der Waals surface area contributed by atoms with Crippen molar-refractivity contribution in [3.05, 3.63) is 12.4 Å². The normalized spacial score (nSPS) is 19.9. The Bertz CT molecular complexity index is 343. The average Bonchev–Trinajstić information content (AvgIpc) is 2.63. The summed E-state index contributed by atoms with van der Waals surface area (Å²) in [5.41, 5.74) is 0.273. The lowest BCUT2D eigenvalue weighted by atomic mass is 9.83. The molecule has 0 amide bonds. The highest BCUT2D eigenvalue weighted by atomic mass is 32.1. The van der Waals surface area contributed by atoms with E-state index >= 15 is 0 Å². The first kappa shape index (κ1) is 12.8. The standard InChI is InChI=1S/C13H22N2OS/c1-15-9-12(8-14-15)16-10-13(11-17)6-4-2-3-5-7-13/h8-9,17H,2-7,10-11H2,1H3. The van der Waals surface area contributed by atoms with E-state index < -0.39 is 0 Å². The zero-order chi connectivity index (χ0) is 12.1. The predicted octanol–water partition coefficient (Wildman–Crippen LogP) is 3.07. The van der Waals surface area contributed by atoms with E-state index in [-0.39, 0.29) is 5.41 Å². The third-order valence-corrected chi connectivity index (χ3v) is 4.40. The minimum Gasteiger partial charge on any atom is -0.490 e. The zero-order valence-electron chi connectivity index (χ0n) is 10.6. The van der Waals surface area contributed by atoms with Crippen molar-refractivity contribution in [1.29, 1.82) is 0 Å². The highest BCUT2D eigenvalue weighted by Crippen LogP contribution is 2.36. The first-order valence-electron chi connectivity index (χ1n) is 6.46. The molecule has 0 aromatic carbocycles. The van der Waals surface area contributed by atoms with E-state index in [0.29, 0.717) is 0 Å². The molecule has 3 nitrogen and oxygen atoms in total. The van der Waals surface area contributed by atoms with Gasteiger partial charge in [-0.05, 0) is 18.6 Å². The number of aromatic nitrogens is 2. The van der Waals surface area contributed by atoms with E-state index in [2.05, 4.69) is 17.7 Å². The number of hydrogen-bond acceptors (Lipinski definition) is 3. The van der Waals surface area contributed by atoms with Crippen LogP contribution in [0.4, 0.5) is 0 Å². The highest BCUT2D eigenvalue weighted by molar-refractivity contribution is 7.80. The maximum atomic E-state index is 5.88. The molecule has 1 fully saturated rings. The van der Waals surface area contributed by atoms with Gasteiger partial charge < -0.3 is 4.74 Å². The van der Waals surface area contributed by atoms with Crippen LogP contribution in [0.1, 0.15) is 38.5 Å². The second-order valence-electron chi connectivity index (χ2n) is 5.21. The van der Waals surface area contributed by atoms with Gasteiger partial charge in [0.1, 0.15) is 0 Å². The molecule has 96 valence electrons. The summed E-state index contributed by atoms with van der Waals surface area (Å²) in [6, 6.07) is 0. The topological polar surface area (TPSA) is 27.1 Å². The van der Waals surface area contributed by atoms with Crippen molar-refractivity contribution in [3.63, 3.8) is 0 Å². The summed E-state index contributed by atoms with van der Waals surface area (Å²) in [5, 5.41) is 4.12. The lowest BCUT2D eigenvalue weighted by molar-refractivity contribution is 0.148. The molecule has 1 aliphatic rings. The van der Waals surface area contributed by atoms with E-state index in [1.807, 2.05) is 13.2 Å². The minimum atomic E-state index is 0.273. The Labute approximate surface area is 109 Å². The predicted molar refractivity (Wildman–Crippen MR) is 72.7 cm³/mol. The summed E-state index contributed by atoms with van der Waals surface area (Å²) < 4.78 is 7.66. The Morgan fingerprint density at radius 2 is 2.06 bits per heavy atom. The Kier molecular flexibility index (Phi) is 4.37. The highest BCUT2D eigenvalue weighted by Gasteiger charge is 2.30. The molecule has 0 N–H and O–H groups in total. The third kappa shape index (κ3) is 3.41. The van der Waals surface area contributed by atoms with Crippen molar-refractivity contribution in [2.24, 2.45) is 12.5 Å². The molecule has 0 unspecified atom stereocenters. The maximum Gasteiger partial charge on any atom is 0.157 e. The van der Waals surface area contributed by atoms with E-state index in [0.717, 1.165) is 18.1 Å². The van der Waals surface area contributed by atoms with Gasteiger partial charge in [0.25, 0.3) is 0 Å². The molecule has 4 heteroatoms. The van der Waals surface area contributed by atoms with Crippen LogP contribution in [0.15, 0.2) is 12.4 Å². The van der Waals surface area contributed by atoms with Gasteiger partial charge in [0.05, 0.1) is 19.0 Å². The van der Waals surface area contributed by atoms with Gasteiger partial charge in [0, 0.05) is 12.5 Å². The van der Waals surface area contributed by atoms with Gasteiger partial charge in [-0.25, -0.2) is 0 Å². The number of nitrogens with zero attached hydrogens (tertiary/aromatic N) is 2. The Morgan fingerprint density at radius 3 is 2.59 bits per heavy atom. The van der Waals surface area contributed by atoms with Crippen LogP contribution in [0.3, 0.4) is 0 Å². The van der Waals surface area contributed by atoms with E-state index in [1.54, 1.807) is 10.9 Å². The van der Waals surface area contributed by atoms with Crippen molar-refractivity contribution < 1.29 is 4.74 Å². The number of rotatable bonds is 4. The van der Waals surface area contributed by atoms with Gasteiger partial charge in [-0.1, -0.05) is 25.7 Å². The van der Waals surface area contributed by atoms with Crippen LogP contribution >= 0.6 is 12.6 Å². The summed E-state index contributed by atoms with van der Waals surface area (Å²) in [5.74, 6) is 1.80. The molecule has 1 aromatic heterocycles. The molecular weight excluding hydrogens is 232 g/mol. The Hall–Kier alpha value is -0.640. The SMILES string of the molecule is Cn1cc(OCC2(CS)CCCCCC2)cn1. The van der Waals surface area contributed by atoms with Crippen molar-refractivity contribution in [2.45, 2.75) is 38.5 Å². The molecule has 1 saturated carbocycles. The summed E-state index contributed by atoms with van der Waals surface area (Å²) >= 11 is 4.55. The Morgan fingerprint density at radius 1 is 1.35 bits per heavy atom. The smallest absolute Gasteiger partial charge is 0.157 e. The second kappa shape index (κ2) is 5.80. The lowest BCUT2D eigenvalue weighted by Gasteiger charge is -2.30. The molecule has 0 atom stereocenters. The number of hydrogen-bond donors (Lipinski definition) is 1. The molecule has 0 saturated heterocycles. The summed E-state index contributed by atoms with van der Waals surface area (Å²) in [4.78, 5) is 0. The van der Waals surface area contributed by atoms with Gasteiger partial charge in [0.2, 0.25) is 0 Å². The monoisotopic (exact) mass is 254 g/mol. The van der Waals surface area contributed by atoms with Crippen LogP contribution in [0.2, 0.25) is 0 Å². The molecule has 0 radical (unpaired) electrons. The number of ether oxygens (including phenoxy) is 1. The largest absolute Gasteiger partial charge is 0.490 e. The van der Waals surface area contributed by atoms with Gasteiger partial charge in [-0.15, -0.1) is 0 Å². The average molecular weight is 254 g/mol. The lowest BCUT2D eigenvalue weighted by Crippen LogP contribution is -2.30. The quantitative estimate of drug-likeness (QED) is 0.660. The van der Waals surface area contributed by atoms with Gasteiger partial charge in [0.15, 0.2) is 5.75 Å². The molecule has 1 aromatic rings. The second-order valence-corrected chi connectivity index (χ2v) is 5.53. The van der Waals surface area contributed by atoms with E-state index in [1.165, 1.54) is 38.5 Å². The number of aryl methyl sites for hydroxylation is 1. The molecule has 0 aliphatic heterocycles. The van der Waals surface area contributed by atoms with Crippen LogP contribution in [0.5, 0.6) is 5.75 Å². The molecule has 17 heavy (non-hydrogen) atoms. The fourth-order valence-electron chi connectivity index (χ4n) is 2.54. The van der Waals surface area contributed by atoms with Gasteiger partial charge in [-0.2, -0.15) is 17.7 Å². The summed E-state index contributed by atoms with van der Waals surface area (Å²) in [7, 11) is 1.91. The van der Waals surface area contributed by atoms with Crippen LogP contribution in [-0.2, 0) is 7.05 Å². The van der Waals surface area contributed by atoms with E-state index in [4.69, 9.17) is 4.74 Å². The molecule has 0 bridgehead atoms. The molecule has 1 aliphatic carbocycles.